The lowest BCUT2D eigenvalue weighted by molar-refractivity contribution is 0.101. The molecule has 2 aromatic carbocycles. The lowest BCUT2D eigenvalue weighted by atomic mass is 10.1. The van der Waals surface area contributed by atoms with Gasteiger partial charge < -0.3 is 0 Å². The molecule has 4 nitrogen and oxygen atoms in total. The number of hydrogen-bond acceptors (Lipinski definition) is 3. The van der Waals surface area contributed by atoms with Crippen molar-refractivity contribution in [1.82, 2.24) is 15.0 Å². The molecule has 0 aliphatic heterocycles. The van der Waals surface area contributed by atoms with Gasteiger partial charge in [0.25, 0.3) is 0 Å². The summed E-state index contributed by atoms with van der Waals surface area (Å²) in [6, 6.07) is 13.6. The molecule has 0 spiro atoms. The second-order valence-corrected chi connectivity index (χ2v) is 4.62. The minimum atomic E-state index is -0.417. The summed E-state index contributed by atoms with van der Waals surface area (Å²) in [4.78, 5) is 11.5. The number of hydrogen-bond donors (Lipinski definition) is 0. The summed E-state index contributed by atoms with van der Waals surface area (Å²) >= 11 is 0. The topological polar surface area (TPSA) is 47.8 Å². The Kier molecular flexibility index (Phi) is 3.31. The van der Waals surface area contributed by atoms with E-state index in [0.29, 0.717) is 16.8 Å². The number of ketones is 1. The number of nitrogens with zero attached hydrogens (tertiary/aromatic N) is 3. The average Bonchev–Trinajstić information content (AvgIpc) is 2.97. The van der Waals surface area contributed by atoms with Crippen molar-refractivity contribution in [2.75, 3.05) is 0 Å². The molecule has 1 heterocycles. The molecular weight excluding hydrogens is 269 g/mol. The maximum Gasteiger partial charge on any atom is 0.159 e. The van der Waals surface area contributed by atoms with Crippen LogP contribution >= 0.6 is 0 Å². The molecule has 0 amide bonds. The third-order valence-corrected chi connectivity index (χ3v) is 3.20. The van der Waals surface area contributed by atoms with Gasteiger partial charge in [-0.2, -0.15) is 0 Å². The van der Waals surface area contributed by atoms with Gasteiger partial charge in [0.2, 0.25) is 0 Å². The van der Waals surface area contributed by atoms with E-state index in [4.69, 9.17) is 0 Å². The van der Waals surface area contributed by atoms with Crippen molar-refractivity contribution >= 4 is 5.78 Å². The Balaban J connectivity index is 2.17. The quantitative estimate of drug-likeness (QED) is 0.692. The van der Waals surface area contributed by atoms with Gasteiger partial charge in [-0.1, -0.05) is 23.4 Å². The summed E-state index contributed by atoms with van der Waals surface area (Å²) in [5.41, 5.74) is 2.03. The van der Waals surface area contributed by atoms with E-state index in [1.54, 1.807) is 4.68 Å². The van der Waals surface area contributed by atoms with Crippen LogP contribution in [-0.4, -0.2) is 20.8 Å². The summed E-state index contributed by atoms with van der Waals surface area (Å²) in [5, 5.41) is 7.85. The van der Waals surface area contributed by atoms with Crippen LogP contribution in [0.25, 0.3) is 16.9 Å². The minimum absolute atomic E-state index is 0.116. The third-order valence-electron chi connectivity index (χ3n) is 3.20. The lowest BCUT2D eigenvalue weighted by Gasteiger charge is -2.08. The Morgan fingerprint density at radius 1 is 1.14 bits per heavy atom. The van der Waals surface area contributed by atoms with Crippen molar-refractivity contribution < 1.29 is 9.18 Å². The zero-order chi connectivity index (χ0) is 14.8. The standard InChI is InChI=1S/C16H12FN3O/c1-11(21)12-7-8-15(17)14(9-12)16-10-18-19-20(16)13-5-3-2-4-6-13/h2-10H,1H3. The highest BCUT2D eigenvalue weighted by molar-refractivity contribution is 5.95. The molecule has 0 atom stereocenters. The average molecular weight is 281 g/mol. The van der Waals surface area contributed by atoms with Gasteiger partial charge in [-0.15, -0.1) is 5.10 Å². The van der Waals surface area contributed by atoms with Crippen LogP contribution in [-0.2, 0) is 0 Å². The number of Topliss-reactive ketones (excluding diaryl/α,β-unsaturated/α-hetero) is 1. The van der Waals surface area contributed by atoms with Crippen LogP contribution in [0.5, 0.6) is 0 Å². The third kappa shape index (κ3) is 2.45. The summed E-state index contributed by atoms with van der Waals surface area (Å²) in [7, 11) is 0. The van der Waals surface area contributed by atoms with Crippen molar-refractivity contribution in [2.45, 2.75) is 6.92 Å². The second-order valence-electron chi connectivity index (χ2n) is 4.62. The highest BCUT2D eigenvalue weighted by Gasteiger charge is 2.14. The molecule has 0 unspecified atom stereocenters. The molecular formula is C16H12FN3O. The van der Waals surface area contributed by atoms with E-state index in [9.17, 15) is 9.18 Å². The zero-order valence-corrected chi connectivity index (χ0v) is 11.3. The molecule has 1 aromatic heterocycles. The molecule has 0 aliphatic carbocycles. The first-order chi connectivity index (χ1) is 10.2. The maximum absolute atomic E-state index is 14.1. The number of carbonyl (C=O) groups is 1. The summed E-state index contributed by atoms with van der Waals surface area (Å²) in [6.07, 6.45) is 1.48. The van der Waals surface area contributed by atoms with Crippen molar-refractivity contribution in [3.8, 4) is 16.9 Å². The van der Waals surface area contributed by atoms with Crippen LogP contribution in [0.15, 0.2) is 54.7 Å². The predicted octanol–water partition coefficient (Wildman–Crippen LogP) is 3.28. The van der Waals surface area contributed by atoms with E-state index in [-0.39, 0.29) is 5.78 Å². The summed E-state index contributed by atoms with van der Waals surface area (Å²) < 4.78 is 15.7. The van der Waals surface area contributed by atoms with Crippen LogP contribution < -0.4 is 0 Å². The van der Waals surface area contributed by atoms with Gasteiger partial charge >= 0.3 is 0 Å². The molecule has 21 heavy (non-hydrogen) atoms. The Hall–Kier alpha value is -2.82. The van der Waals surface area contributed by atoms with E-state index < -0.39 is 5.82 Å². The highest BCUT2D eigenvalue weighted by Crippen LogP contribution is 2.25. The van der Waals surface area contributed by atoms with Gasteiger partial charge in [0, 0.05) is 11.1 Å². The molecule has 0 radical (unpaired) electrons. The fourth-order valence-corrected chi connectivity index (χ4v) is 2.12. The van der Waals surface area contributed by atoms with Gasteiger partial charge in [-0.3, -0.25) is 4.79 Å². The largest absolute Gasteiger partial charge is 0.295 e. The van der Waals surface area contributed by atoms with Crippen molar-refractivity contribution in [1.29, 1.82) is 0 Å². The van der Waals surface area contributed by atoms with Gasteiger partial charge in [0.05, 0.1) is 17.6 Å². The number of aromatic nitrogens is 3. The normalized spacial score (nSPS) is 10.6. The molecule has 5 heteroatoms. The first kappa shape index (κ1) is 13.2. The van der Waals surface area contributed by atoms with Crippen LogP contribution in [0.3, 0.4) is 0 Å². The number of benzene rings is 2. The van der Waals surface area contributed by atoms with Crippen LogP contribution in [0.2, 0.25) is 0 Å². The number of para-hydroxylation sites is 1. The van der Waals surface area contributed by atoms with Crippen LogP contribution in [0.4, 0.5) is 4.39 Å². The van der Waals surface area contributed by atoms with Crippen LogP contribution in [0, 0.1) is 5.82 Å². The summed E-state index contributed by atoms with van der Waals surface area (Å²) in [5.74, 6) is -0.533. The Bertz CT molecular complexity index is 796. The van der Waals surface area contributed by atoms with E-state index in [1.807, 2.05) is 30.3 Å². The zero-order valence-electron chi connectivity index (χ0n) is 11.3. The highest BCUT2D eigenvalue weighted by atomic mass is 19.1. The predicted molar refractivity (Wildman–Crippen MR) is 76.8 cm³/mol. The molecule has 0 aliphatic rings. The molecule has 104 valence electrons. The number of carbonyl (C=O) groups excluding carboxylic acids is 1. The molecule has 0 saturated carbocycles. The van der Waals surface area contributed by atoms with E-state index in [0.717, 1.165) is 5.69 Å². The van der Waals surface area contributed by atoms with Crippen molar-refractivity contribution in [3.05, 3.63) is 66.1 Å². The molecule has 0 bridgehead atoms. The smallest absolute Gasteiger partial charge is 0.159 e. The molecule has 0 N–H and O–H groups in total. The molecule has 0 fully saturated rings. The molecule has 0 saturated heterocycles. The van der Waals surface area contributed by atoms with Crippen LogP contribution in [0.1, 0.15) is 17.3 Å². The van der Waals surface area contributed by atoms with Gasteiger partial charge in [0.15, 0.2) is 5.78 Å². The number of halogens is 1. The lowest BCUT2D eigenvalue weighted by Crippen LogP contribution is -2.01. The van der Waals surface area contributed by atoms with Crippen molar-refractivity contribution in [3.63, 3.8) is 0 Å². The van der Waals surface area contributed by atoms with E-state index in [2.05, 4.69) is 10.3 Å². The molecule has 3 aromatic rings. The first-order valence-electron chi connectivity index (χ1n) is 6.44. The first-order valence-corrected chi connectivity index (χ1v) is 6.44. The fourth-order valence-electron chi connectivity index (χ4n) is 2.12. The maximum atomic E-state index is 14.1. The van der Waals surface area contributed by atoms with Crippen molar-refractivity contribution in [2.24, 2.45) is 0 Å². The van der Waals surface area contributed by atoms with Gasteiger partial charge in [-0.05, 0) is 37.3 Å². The van der Waals surface area contributed by atoms with Gasteiger partial charge in [-0.25, -0.2) is 9.07 Å². The monoisotopic (exact) mass is 281 g/mol. The van der Waals surface area contributed by atoms with E-state index >= 15 is 0 Å². The molecule has 3 rings (SSSR count). The summed E-state index contributed by atoms with van der Waals surface area (Å²) in [6.45, 7) is 1.45. The Labute approximate surface area is 120 Å². The van der Waals surface area contributed by atoms with Gasteiger partial charge in [0.1, 0.15) is 5.82 Å². The number of rotatable bonds is 3. The fraction of sp³-hybridized carbons (Fsp3) is 0.0625. The SMILES string of the molecule is CC(=O)c1ccc(F)c(-c2cnnn2-c2ccccc2)c1. The second kappa shape index (κ2) is 5.28. The van der Waals surface area contributed by atoms with E-state index in [1.165, 1.54) is 31.3 Å². The Morgan fingerprint density at radius 2 is 1.90 bits per heavy atom. The minimum Gasteiger partial charge on any atom is -0.295 e. The Morgan fingerprint density at radius 3 is 2.62 bits per heavy atom.